The average molecular weight is 308 g/mol. The zero-order valence-electron chi connectivity index (χ0n) is 13.9. The number of hydrogen-bond acceptors (Lipinski definition) is 4. The highest BCUT2D eigenvalue weighted by Gasteiger charge is 2.29. The summed E-state index contributed by atoms with van der Waals surface area (Å²) in [7, 11) is 3.26. The fourth-order valence-electron chi connectivity index (χ4n) is 3.07. The number of aliphatic hydroxyl groups is 1. The highest BCUT2D eigenvalue weighted by Crippen LogP contribution is 2.37. The molecule has 0 radical (unpaired) electrons. The highest BCUT2D eigenvalue weighted by molar-refractivity contribution is 5.43. The second-order valence-electron chi connectivity index (χ2n) is 5.98. The van der Waals surface area contributed by atoms with Gasteiger partial charge in [-0.2, -0.15) is 0 Å². The molecule has 0 amide bonds. The third-order valence-electron chi connectivity index (χ3n) is 4.29. The van der Waals surface area contributed by atoms with E-state index >= 15 is 0 Å². The van der Waals surface area contributed by atoms with Gasteiger partial charge in [-0.3, -0.25) is 0 Å². The van der Waals surface area contributed by atoms with Crippen LogP contribution >= 0.6 is 0 Å². The fourth-order valence-corrected chi connectivity index (χ4v) is 3.07. The summed E-state index contributed by atoms with van der Waals surface area (Å²) in [5.41, 5.74) is 1.04. The van der Waals surface area contributed by atoms with E-state index < -0.39 is 0 Å². The van der Waals surface area contributed by atoms with Gasteiger partial charge in [-0.1, -0.05) is 32.3 Å². The molecular weight excluding hydrogens is 280 g/mol. The van der Waals surface area contributed by atoms with Gasteiger partial charge >= 0.3 is 0 Å². The lowest BCUT2D eigenvalue weighted by Gasteiger charge is -2.33. The maximum atomic E-state index is 10.2. The van der Waals surface area contributed by atoms with Gasteiger partial charge in [0.1, 0.15) is 0 Å². The van der Waals surface area contributed by atoms with Gasteiger partial charge in [0.05, 0.1) is 32.5 Å². The number of methoxy groups -OCH3 is 2. The van der Waals surface area contributed by atoms with Crippen LogP contribution in [0.4, 0.5) is 0 Å². The van der Waals surface area contributed by atoms with Crippen molar-refractivity contribution in [2.45, 2.75) is 63.8 Å². The molecule has 1 saturated heterocycles. The number of rotatable bonds is 7. The summed E-state index contributed by atoms with van der Waals surface area (Å²) in [4.78, 5) is 0. The summed E-state index contributed by atoms with van der Waals surface area (Å²) in [6, 6.07) is 5.84. The van der Waals surface area contributed by atoms with E-state index in [1.165, 1.54) is 12.8 Å². The van der Waals surface area contributed by atoms with Crippen LogP contribution in [0.15, 0.2) is 18.2 Å². The molecule has 2 rings (SSSR count). The van der Waals surface area contributed by atoms with Crippen LogP contribution in [-0.4, -0.2) is 31.5 Å². The first-order valence-corrected chi connectivity index (χ1v) is 8.23. The Balaban J connectivity index is 2.06. The van der Waals surface area contributed by atoms with E-state index in [1.54, 1.807) is 14.2 Å². The third kappa shape index (κ3) is 4.37. The number of ether oxygens (including phenoxy) is 3. The van der Waals surface area contributed by atoms with Crippen molar-refractivity contribution in [3.05, 3.63) is 23.8 Å². The van der Waals surface area contributed by atoms with Crippen LogP contribution in [-0.2, 0) is 4.74 Å². The van der Waals surface area contributed by atoms with Crippen molar-refractivity contribution < 1.29 is 19.3 Å². The first kappa shape index (κ1) is 17.1. The van der Waals surface area contributed by atoms with Gasteiger partial charge in [-0.25, -0.2) is 0 Å². The lowest BCUT2D eigenvalue weighted by Crippen LogP contribution is -2.31. The van der Waals surface area contributed by atoms with Crippen molar-refractivity contribution in [2.24, 2.45) is 0 Å². The quantitative estimate of drug-likeness (QED) is 0.777. The van der Waals surface area contributed by atoms with Crippen molar-refractivity contribution in [2.75, 3.05) is 14.2 Å². The number of unbranched alkanes of at least 4 members (excludes halogenated alkanes) is 2. The Bertz CT molecular complexity index is 460. The molecule has 1 aliphatic heterocycles. The van der Waals surface area contributed by atoms with E-state index in [0.717, 1.165) is 24.8 Å². The van der Waals surface area contributed by atoms with Crippen LogP contribution in [0.2, 0.25) is 0 Å². The van der Waals surface area contributed by atoms with Crippen LogP contribution in [0.25, 0.3) is 0 Å². The molecule has 0 aromatic heterocycles. The van der Waals surface area contributed by atoms with Crippen molar-refractivity contribution >= 4 is 0 Å². The summed E-state index contributed by atoms with van der Waals surface area (Å²) in [6.07, 6.45) is 5.77. The summed E-state index contributed by atoms with van der Waals surface area (Å²) >= 11 is 0. The van der Waals surface area contributed by atoms with Crippen LogP contribution in [0.5, 0.6) is 11.5 Å². The van der Waals surface area contributed by atoms with Crippen LogP contribution < -0.4 is 9.47 Å². The van der Waals surface area contributed by atoms with Crippen molar-refractivity contribution in [1.29, 1.82) is 0 Å². The number of hydrogen-bond donors (Lipinski definition) is 1. The molecule has 1 fully saturated rings. The summed E-state index contributed by atoms with van der Waals surface area (Å²) in [5, 5.41) is 10.2. The average Bonchev–Trinajstić information content (AvgIpc) is 2.54. The van der Waals surface area contributed by atoms with Crippen molar-refractivity contribution in [1.82, 2.24) is 0 Å². The zero-order chi connectivity index (χ0) is 15.9. The Morgan fingerprint density at radius 3 is 2.59 bits per heavy atom. The minimum atomic E-state index is -0.293. The van der Waals surface area contributed by atoms with E-state index in [2.05, 4.69) is 6.92 Å². The molecule has 1 aliphatic rings. The number of aliphatic hydroxyl groups excluding tert-OH is 1. The summed E-state index contributed by atoms with van der Waals surface area (Å²) in [5.74, 6) is 1.41. The van der Waals surface area contributed by atoms with Crippen LogP contribution in [0.3, 0.4) is 0 Å². The minimum absolute atomic E-state index is 0.0739. The molecule has 22 heavy (non-hydrogen) atoms. The third-order valence-corrected chi connectivity index (χ3v) is 4.29. The molecule has 124 valence electrons. The second-order valence-corrected chi connectivity index (χ2v) is 5.98. The highest BCUT2D eigenvalue weighted by atomic mass is 16.5. The van der Waals surface area contributed by atoms with E-state index in [-0.39, 0.29) is 18.3 Å². The molecule has 1 aromatic rings. The van der Waals surface area contributed by atoms with Crippen LogP contribution in [0, 0.1) is 0 Å². The molecule has 3 atom stereocenters. The maximum Gasteiger partial charge on any atom is 0.161 e. The first-order valence-electron chi connectivity index (χ1n) is 8.23. The molecule has 1 heterocycles. The first-order chi connectivity index (χ1) is 10.7. The lowest BCUT2D eigenvalue weighted by atomic mass is 9.93. The molecule has 0 aliphatic carbocycles. The van der Waals surface area contributed by atoms with E-state index in [9.17, 15) is 5.11 Å². The predicted octanol–water partition coefficient (Wildman–Crippen LogP) is 3.87. The Hall–Kier alpha value is -1.26. The lowest BCUT2D eigenvalue weighted by molar-refractivity contribution is -0.101. The van der Waals surface area contributed by atoms with Gasteiger partial charge < -0.3 is 19.3 Å². The molecule has 0 unspecified atom stereocenters. The van der Waals surface area contributed by atoms with Gasteiger partial charge in [0.2, 0.25) is 0 Å². The van der Waals surface area contributed by atoms with Crippen molar-refractivity contribution in [3.63, 3.8) is 0 Å². The van der Waals surface area contributed by atoms with Crippen molar-refractivity contribution in [3.8, 4) is 11.5 Å². The second kappa shape index (κ2) is 8.39. The zero-order valence-corrected chi connectivity index (χ0v) is 13.9. The smallest absolute Gasteiger partial charge is 0.161 e. The Morgan fingerprint density at radius 1 is 1.14 bits per heavy atom. The molecule has 0 bridgehead atoms. The molecule has 1 aromatic carbocycles. The fraction of sp³-hybridized carbons (Fsp3) is 0.667. The topological polar surface area (TPSA) is 47.9 Å². The summed E-state index contributed by atoms with van der Waals surface area (Å²) in [6.45, 7) is 2.20. The monoisotopic (exact) mass is 308 g/mol. The van der Waals surface area contributed by atoms with Gasteiger partial charge in [-0.15, -0.1) is 0 Å². The van der Waals surface area contributed by atoms with Gasteiger partial charge in [0.25, 0.3) is 0 Å². The number of benzene rings is 1. The molecule has 1 N–H and O–H groups in total. The van der Waals surface area contributed by atoms with Gasteiger partial charge in [0, 0.05) is 6.42 Å². The largest absolute Gasteiger partial charge is 0.493 e. The van der Waals surface area contributed by atoms with Crippen LogP contribution in [0.1, 0.15) is 57.1 Å². The Kier molecular flexibility index (Phi) is 6.52. The van der Waals surface area contributed by atoms with Gasteiger partial charge in [-0.05, 0) is 30.5 Å². The molecule has 4 nitrogen and oxygen atoms in total. The Morgan fingerprint density at radius 2 is 1.91 bits per heavy atom. The maximum absolute atomic E-state index is 10.2. The van der Waals surface area contributed by atoms with E-state index in [4.69, 9.17) is 14.2 Å². The van der Waals surface area contributed by atoms with E-state index in [0.29, 0.717) is 17.9 Å². The van der Waals surface area contributed by atoms with E-state index in [1.807, 2.05) is 18.2 Å². The SMILES string of the molecule is CCCCC[C@H]1C[C@@H](O)C[C@@H](c2ccc(OC)c(OC)c2)O1. The standard InChI is InChI=1S/C18H28O4/c1-4-5-6-7-15-11-14(19)12-17(22-15)13-8-9-16(20-2)18(10-13)21-3/h8-10,14-15,17,19H,4-7,11-12H2,1-3H3/t14-,15+,17+/m1/s1. The Labute approximate surface area is 133 Å². The minimum Gasteiger partial charge on any atom is -0.493 e. The molecule has 0 spiro atoms. The normalized spacial score (nSPS) is 25.0. The molecule has 0 saturated carbocycles. The molecular formula is C18H28O4. The summed E-state index contributed by atoms with van der Waals surface area (Å²) < 4.78 is 16.8. The molecule has 4 heteroatoms. The van der Waals surface area contributed by atoms with Gasteiger partial charge in [0.15, 0.2) is 11.5 Å². The predicted molar refractivity (Wildman–Crippen MR) is 86.5 cm³/mol.